The Balaban J connectivity index is 1.26. The van der Waals surface area contributed by atoms with Gasteiger partial charge in [-0.25, -0.2) is 4.79 Å². The van der Waals surface area contributed by atoms with Crippen molar-refractivity contribution in [3.8, 4) is 5.75 Å². The van der Waals surface area contributed by atoms with Crippen molar-refractivity contribution in [2.24, 2.45) is 10.2 Å². The molecule has 0 bridgehead atoms. The van der Waals surface area contributed by atoms with Gasteiger partial charge in [-0.15, -0.1) is 0 Å². The molecule has 0 radical (unpaired) electrons. The number of azo groups is 1. The summed E-state index contributed by atoms with van der Waals surface area (Å²) in [5, 5.41) is 16.1. The number of ether oxygens (including phenoxy) is 2. The first-order chi connectivity index (χ1) is 19.5. The number of amides is 5. The molecule has 2 aliphatic rings. The minimum atomic E-state index is -0.707. The average Bonchev–Trinajstić information content (AvgIpc) is 3.25. The Morgan fingerprint density at radius 3 is 2.46 bits per heavy atom. The van der Waals surface area contributed by atoms with Crippen LogP contribution < -0.4 is 20.7 Å². The SMILES string of the molecule is CC(C)(C)OC(=O)NCCNC(=O)COc1ccc(N=Nc2cccc3c2CN(C2CCC(=O)NC2=O)C3=O)cc1. The maximum absolute atomic E-state index is 13.0. The van der Waals surface area contributed by atoms with Gasteiger partial charge in [-0.2, -0.15) is 10.2 Å². The summed E-state index contributed by atoms with van der Waals surface area (Å²) in [5.41, 5.74) is 1.55. The summed E-state index contributed by atoms with van der Waals surface area (Å²) in [7, 11) is 0. The predicted octanol–water partition coefficient (Wildman–Crippen LogP) is 2.88. The van der Waals surface area contributed by atoms with Crippen molar-refractivity contribution in [3.05, 3.63) is 53.6 Å². The molecule has 2 aromatic rings. The van der Waals surface area contributed by atoms with Crippen molar-refractivity contribution in [2.75, 3.05) is 19.7 Å². The Bertz CT molecular complexity index is 1370. The highest BCUT2D eigenvalue weighted by Crippen LogP contribution is 2.34. The molecule has 41 heavy (non-hydrogen) atoms. The van der Waals surface area contributed by atoms with Crippen molar-refractivity contribution >= 4 is 41.1 Å². The summed E-state index contributed by atoms with van der Waals surface area (Å²) in [6.45, 7) is 5.72. The van der Waals surface area contributed by atoms with E-state index in [4.69, 9.17) is 9.47 Å². The second kappa shape index (κ2) is 12.6. The number of nitrogens with one attached hydrogen (secondary N) is 3. The molecule has 0 spiro atoms. The lowest BCUT2D eigenvalue weighted by Crippen LogP contribution is -2.52. The van der Waals surface area contributed by atoms with Gasteiger partial charge in [0.1, 0.15) is 17.4 Å². The topological polar surface area (TPSA) is 168 Å². The number of hydrogen-bond acceptors (Lipinski definition) is 9. The van der Waals surface area contributed by atoms with Crippen LogP contribution in [-0.4, -0.2) is 66.0 Å². The van der Waals surface area contributed by atoms with E-state index in [-0.39, 0.29) is 56.8 Å². The van der Waals surface area contributed by atoms with Gasteiger partial charge in [0.15, 0.2) is 6.61 Å². The molecule has 1 unspecified atom stereocenters. The monoisotopic (exact) mass is 564 g/mol. The van der Waals surface area contributed by atoms with Gasteiger partial charge in [0.2, 0.25) is 11.8 Å². The predicted molar refractivity (Wildman–Crippen MR) is 146 cm³/mol. The van der Waals surface area contributed by atoms with E-state index in [2.05, 4.69) is 26.2 Å². The number of benzene rings is 2. The molecule has 2 aliphatic heterocycles. The molecular formula is C28H32N6O7. The molecule has 3 N–H and O–H groups in total. The van der Waals surface area contributed by atoms with E-state index < -0.39 is 23.6 Å². The minimum Gasteiger partial charge on any atom is -0.484 e. The third-order valence-corrected chi connectivity index (χ3v) is 6.15. The highest BCUT2D eigenvalue weighted by molar-refractivity contribution is 6.06. The molecule has 13 heteroatoms. The quantitative estimate of drug-likeness (QED) is 0.239. The molecule has 0 saturated carbocycles. The number of rotatable bonds is 9. The maximum Gasteiger partial charge on any atom is 0.407 e. The van der Waals surface area contributed by atoms with E-state index in [0.29, 0.717) is 28.3 Å². The summed E-state index contributed by atoms with van der Waals surface area (Å²) < 4.78 is 10.6. The number of alkyl carbamates (subject to hydrolysis) is 1. The maximum atomic E-state index is 13.0. The van der Waals surface area contributed by atoms with Crippen LogP contribution in [0.1, 0.15) is 49.5 Å². The van der Waals surface area contributed by atoms with Crippen LogP contribution in [0.2, 0.25) is 0 Å². The lowest BCUT2D eigenvalue weighted by atomic mass is 10.0. The van der Waals surface area contributed by atoms with Gasteiger partial charge in [-0.1, -0.05) is 6.07 Å². The molecule has 4 rings (SSSR count). The fourth-order valence-electron chi connectivity index (χ4n) is 4.26. The largest absolute Gasteiger partial charge is 0.484 e. The van der Waals surface area contributed by atoms with Crippen LogP contribution >= 0.6 is 0 Å². The number of carbonyl (C=O) groups excluding carboxylic acids is 5. The summed E-state index contributed by atoms with van der Waals surface area (Å²) in [6.07, 6.45) is -0.0942. The second-order valence-corrected chi connectivity index (χ2v) is 10.5. The Morgan fingerprint density at radius 2 is 1.76 bits per heavy atom. The average molecular weight is 565 g/mol. The molecule has 13 nitrogen and oxygen atoms in total. The summed E-state index contributed by atoms with van der Waals surface area (Å²) in [5.74, 6) is -0.984. The Kier molecular flexibility index (Phi) is 8.95. The Morgan fingerprint density at radius 1 is 1.02 bits per heavy atom. The van der Waals surface area contributed by atoms with Crippen LogP contribution in [0.3, 0.4) is 0 Å². The normalized spacial score (nSPS) is 16.8. The van der Waals surface area contributed by atoms with Crippen LogP contribution in [-0.2, 0) is 25.7 Å². The first-order valence-corrected chi connectivity index (χ1v) is 13.1. The molecule has 2 heterocycles. The highest BCUT2D eigenvalue weighted by atomic mass is 16.6. The van der Waals surface area contributed by atoms with Crippen LogP contribution in [0.15, 0.2) is 52.7 Å². The van der Waals surface area contributed by atoms with Gasteiger partial charge in [0.25, 0.3) is 11.8 Å². The number of hydrogen-bond donors (Lipinski definition) is 3. The van der Waals surface area contributed by atoms with Gasteiger partial charge in [0.05, 0.1) is 11.4 Å². The Hall–Kier alpha value is -4.81. The van der Waals surface area contributed by atoms with E-state index in [0.717, 1.165) is 0 Å². The lowest BCUT2D eigenvalue weighted by Gasteiger charge is -2.29. The minimum absolute atomic E-state index is 0.181. The zero-order valence-corrected chi connectivity index (χ0v) is 23.1. The molecule has 216 valence electrons. The lowest BCUT2D eigenvalue weighted by molar-refractivity contribution is -0.137. The van der Waals surface area contributed by atoms with Crippen LogP contribution in [0.5, 0.6) is 5.75 Å². The number of imide groups is 1. The van der Waals surface area contributed by atoms with E-state index in [1.54, 1.807) is 63.2 Å². The van der Waals surface area contributed by atoms with E-state index in [1.807, 2.05) is 0 Å². The fourth-order valence-corrected chi connectivity index (χ4v) is 4.26. The molecule has 2 aromatic carbocycles. The first kappa shape index (κ1) is 29.2. The van der Waals surface area contributed by atoms with Gasteiger partial charge < -0.3 is 25.0 Å². The summed E-state index contributed by atoms with van der Waals surface area (Å²) in [4.78, 5) is 61.8. The molecule has 0 aliphatic carbocycles. The number of carbonyl (C=O) groups is 5. The standard InChI is InChI=1S/C28H32N6O7/c1-28(2,3)41-27(39)30-14-13-29-24(36)16-40-18-9-7-17(8-10-18)32-33-21-6-4-5-19-20(21)15-34(26(19)38)22-11-12-23(35)31-25(22)37/h4-10,22H,11-16H2,1-3H3,(H,29,36)(H,30,39)(H,31,35,37). The number of piperidine rings is 1. The number of nitrogens with zero attached hydrogens (tertiary/aromatic N) is 3. The summed E-state index contributed by atoms with van der Waals surface area (Å²) >= 11 is 0. The first-order valence-electron chi connectivity index (χ1n) is 13.1. The van der Waals surface area contributed by atoms with Gasteiger partial charge in [-0.3, -0.25) is 24.5 Å². The number of fused-ring (bicyclic) bond motifs is 1. The molecule has 1 atom stereocenters. The van der Waals surface area contributed by atoms with Crippen LogP contribution in [0.4, 0.5) is 16.2 Å². The van der Waals surface area contributed by atoms with Gasteiger partial charge >= 0.3 is 6.09 Å². The second-order valence-electron chi connectivity index (χ2n) is 10.5. The van der Waals surface area contributed by atoms with Crippen molar-refractivity contribution in [1.29, 1.82) is 0 Å². The fraction of sp³-hybridized carbons (Fsp3) is 0.393. The van der Waals surface area contributed by atoms with E-state index in [1.165, 1.54) is 4.90 Å². The van der Waals surface area contributed by atoms with Crippen molar-refractivity contribution in [3.63, 3.8) is 0 Å². The van der Waals surface area contributed by atoms with Crippen LogP contribution in [0.25, 0.3) is 0 Å². The van der Waals surface area contributed by atoms with Crippen LogP contribution in [0, 0.1) is 0 Å². The molecule has 0 aromatic heterocycles. The zero-order chi connectivity index (χ0) is 29.6. The van der Waals surface area contributed by atoms with E-state index >= 15 is 0 Å². The third kappa shape index (κ3) is 7.87. The molecular weight excluding hydrogens is 532 g/mol. The smallest absolute Gasteiger partial charge is 0.407 e. The Labute approximate surface area is 236 Å². The van der Waals surface area contributed by atoms with Gasteiger partial charge in [0, 0.05) is 37.2 Å². The van der Waals surface area contributed by atoms with E-state index in [9.17, 15) is 24.0 Å². The zero-order valence-electron chi connectivity index (χ0n) is 23.1. The highest BCUT2D eigenvalue weighted by Gasteiger charge is 2.39. The molecule has 5 amide bonds. The summed E-state index contributed by atoms with van der Waals surface area (Å²) in [6, 6.07) is 11.1. The molecule has 1 fully saturated rings. The third-order valence-electron chi connectivity index (χ3n) is 6.15. The van der Waals surface area contributed by atoms with Crippen molar-refractivity contribution < 1.29 is 33.4 Å². The van der Waals surface area contributed by atoms with Crippen molar-refractivity contribution in [2.45, 2.75) is 51.8 Å². The van der Waals surface area contributed by atoms with Gasteiger partial charge in [-0.05, 0) is 63.6 Å². The molecule has 1 saturated heterocycles. The van der Waals surface area contributed by atoms with Crippen molar-refractivity contribution in [1.82, 2.24) is 20.9 Å².